The van der Waals surface area contributed by atoms with Gasteiger partial charge in [-0.2, -0.15) is 13.2 Å². The Bertz CT molecular complexity index is 597. The van der Waals surface area contributed by atoms with Gasteiger partial charge in [0.25, 0.3) is 0 Å². The Hall–Kier alpha value is -2.24. The molecule has 1 aromatic carbocycles. The Morgan fingerprint density at radius 3 is 2.57 bits per heavy atom. The van der Waals surface area contributed by atoms with Crippen molar-refractivity contribution in [2.45, 2.75) is 12.6 Å². The molecule has 112 valence electrons. The Morgan fingerprint density at radius 2 is 1.95 bits per heavy atom. The Balaban J connectivity index is 2.11. The number of alkyl halides is 3. The number of aromatic nitrogens is 1. The zero-order valence-corrected chi connectivity index (χ0v) is 11.6. The molecular weight excluding hydrogens is 279 g/mol. The topological polar surface area (TPSA) is 42.2 Å². The van der Waals surface area contributed by atoms with Crippen molar-refractivity contribution in [2.24, 2.45) is 0 Å². The first-order valence-electron chi connectivity index (χ1n) is 6.45. The van der Waals surface area contributed by atoms with E-state index in [1.54, 1.807) is 24.2 Å². The fourth-order valence-electron chi connectivity index (χ4n) is 1.98. The molecule has 0 spiro atoms. The molecule has 1 aromatic heterocycles. The summed E-state index contributed by atoms with van der Waals surface area (Å²) in [4.78, 5) is 5.94. The van der Waals surface area contributed by atoms with E-state index in [-0.39, 0.29) is 5.69 Å². The molecule has 21 heavy (non-hydrogen) atoms. The standard InChI is InChI=1S/C15H16F3N3/c1-21(9-7-11-4-2-3-8-20-11)12-5-6-14(19)13(10-12)15(16,17)18/h2-6,8,10H,7,9,19H2,1H3. The number of benzene rings is 1. The van der Waals surface area contributed by atoms with Gasteiger partial charge in [-0.05, 0) is 30.3 Å². The highest BCUT2D eigenvalue weighted by Crippen LogP contribution is 2.35. The predicted octanol–water partition coefficient (Wildman–Crippen LogP) is 3.36. The number of halogens is 3. The third-order valence-corrected chi connectivity index (χ3v) is 3.21. The molecule has 0 atom stereocenters. The van der Waals surface area contributed by atoms with Gasteiger partial charge in [-0.25, -0.2) is 0 Å². The van der Waals surface area contributed by atoms with Gasteiger partial charge in [0.2, 0.25) is 0 Å². The quantitative estimate of drug-likeness (QED) is 0.879. The minimum atomic E-state index is -4.44. The van der Waals surface area contributed by atoms with Crippen LogP contribution >= 0.6 is 0 Å². The maximum atomic E-state index is 12.8. The van der Waals surface area contributed by atoms with Crippen molar-refractivity contribution >= 4 is 11.4 Å². The first-order chi connectivity index (χ1) is 9.88. The van der Waals surface area contributed by atoms with Crippen LogP contribution in [0.4, 0.5) is 24.5 Å². The van der Waals surface area contributed by atoms with Crippen LogP contribution in [-0.2, 0) is 12.6 Å². The van der Waals surface area contributed by atoms with E-state index in [0.717, 1.165) is 11.8 Å². The summed E-state index contributed by atoms with van der Waals surface area (Å²) in [6, 6.07) is 9.54. The van der Waals surface area contributed by atoms with Crippen molar-refractivity contribution in [3.63, 3.8) is 0 Å². The normalized spacial score (nSPS) is 11.4. The zero-order chi connectivity index (χ0) is 15.5. The second-order valence-electron chi connectivity index (χ2n) is 4.76. The van der Waals surface area contributed by atoms with Crippen molar-refractivity contribution in [3.05, 3.63) is 53.9 Å². The maximum Gasteiger partial charge on any atom is 0.418 e. The molecule has 0 aliphatic rings. The second-order valence-corrected chi connectivity index (χ2v) is 4.76. The summed E-state index contributed by atoms with van der Waals surface area (Å²) in [5.41, 5.74) is 5.71. The molecule has 2 N–H and O–H groups in total. The summed E-state index contributed by atoms with van der Waals surface area (Å²) in [7, 11) is 1.74. The number of hydrogen-bond acceptors (Lipinski definition) is 3. The van der Waals surface area contributed by atoms with Gasteiger partial charge in [0.05, 0.1) is 5.56 Å². The van der Waals surface area contributed by atoms with Gasteiger partial charge in [-0.3, -0.25) is 4.98 Å². The molecule has 0 saturated carbocycles. The number of nitrogen functional groups attached to an aromatic ring is 1. The van der Waals surface area contributed by atoms with Gasteiger partial charge < -0.3 is 10.6 Å². The number of nitrogens with two attached hydrogens (primary N) is 1. The minimum absolute atomic E-state index is 0.260. The van der Waals surface area contributed by atoms with Crippen LogP contribution in [0.1, 0.15) is 11.3 Å². The van der Waals surface area contributed by atoms with E-state index < -0.39 is 11.7 Å². The number of pyridine rings is 1. The molecular formula is C15H16F3N3. The van der Waals surface area contributed by atoms with E-state index in [1.807, 2.05) is 18.2 Å². The molecule has 0 unspecified atom stereocenters. The van der Waals surface area contributed by atoms with Crippen LogP contribution in [0, 0.1) is 0 Å². The summed E-state index contributed by atoms with van der Waals surface area (Å²) >= 11 is 0. The molecule has 0 amide bonds. The van der Waals surface area contributed by atoms with Crippen molar-refractivity contribution in [1.82, 2.24) is 4.98 Å². The molecule has 0 bridgehead atoms. The first kappa shape index (κ1) is 15.2. The molecule has 2 rings (SSSR count). The van der Waals surface area contributed by atoms with E-state index in [0.29, 0.717) is 18.7 Å². The second kappa shape index (κ2) is 6.03. The molecule has 2 aromatic rings. The van der Waals surface area contributed by atoms with Gasteiger partial charge in [-0.1, -0.05) is 6.07 Å². The highest BCUT2D eigenvalue weighted by Gasteiger charge is 2.33. The lowest BCUT2D eigenvalue weighted by Crippen LogP contribution is -2.21. The van der Waals surface area contributed by atoms with Crippen LogP contribution in [0.2, 0.25) is 0 Å². The molecule has 3 nitrogen and oxygen atoms in total. The molecule has 0 aliphatic carbocycles. The van der Waals surface area contributed by atoms with Gasteiger partial charge in [0.15, 0.2) is 0 Å². The maximum absolute atomic E-state index is 12.8. The summed E-state index contributed by atoms with van der Waals surface area (Å²) in [5.74, 6) is 0. The largest absolute Gasteiger partial charge is 0.418 e. The van der Waals surface area contributed by atoms with E-state index in [9.17, 15) is 13.2 Å². The molecule has 0 fully saturated rings. The number of anilines is 2. The van der Waals surface area contributed by atoms with Crippen LogP contribution in [0.3, 0.4) is 0 Å². The van der Waals surface area contributed by atoms with Crippen molar-refractivity contribution in [2.75, 3.05) is 24.2 Å². The average molecular weight is 295 g/mol. The Labute approximate surface area is 121 Å². The van der Waals surface area contributed by atoms with Crippen LogP contribution in [0.15, 0.2) is 42.6 Å². The monoisotopic (exact) mass is 295 g/mol. The highest BCUT2D eigenvalue weighted by atomic mass is 19.4. The molecule has 0 radical (unpaired) electrons. The van der Waals surface area contributed by atoms with E-state index in [2.05, 4.69) is 4.98 Å². The van der Waals surface area contributed by atoms with Crippen molar-refractivity contribution in [3.8, 4) is 0 Å². The summed E-state index contributed by atoms with van der Waals surface area (Å²) < 4.78 is 38.5. The van der Waals surface area contributed by atoms with Gasteiger partial charge >= 0.3 is 6.18 Å². The molecule has 1 heterocycles. The summed E-state index contributed by atoms with van der Waals surface area (Å²) in [6.45, 7) is 0.568. The molecule has 6 heteroatoms. The lowest BCUT2D eigenvalue weighted by atomic mass is 10.1. The predicted molar refractivity (Wildman–Crippen MR) is 77.1 cm³/mol. The fourth-order valence-corrected chi connectivity index (χ4v) is 1.98. The van der Waals surface area contributed by atoms with Gasteiger partial charge in [0.1, 0.15) is 0 Å². The highest BCUT2D eigenvalue weighted by molar-refractivity contribution is 5.59. The van der Waals surface area contributed by atoms with Crippen LogP contribution in [-0.4, -0.2) is 18.6 Å². The third kappa shape index (κ3) is 3.87. The van der Waals surface area contributed by atoms with Crippen LogP contribution in [0.5, 0.6) is 0 Å². The Morgan fingerprint density at radius 1 is 1.19 bits per heavy atom. The van der Waals surface area contributed by atoms with E-state index in [4.69, 9.17) is 5.73 Å². The molecule has 0 aliphatic heterocycles. The fraction of sp³-hybridized carbons (Fsp3) is 0.267. The number of rotatable bonds is 4. The van der Waals surface area contributed by atoms with Crippen molar-refractivity contribution in [1.29, 1.82) is 0 Å². The molecule has 0 saturated heterocycles. The van der Waals surface area contributed by atoms with Gasteiger partial charge in [-0.15, -0.1) is 0 Å². The zero-order valence-electron chi connectivity index (χ0n) is 11.6. The van der Waals surface area contributed by atoms with E-state index in [1.165, 1.54) is 6.07 Å². The van der Waals surface area contributed by atoms with Gasteiger partial charge in [0, 0.05) is 43.3 Å². The van der Waals surface area contributed by atoms with Crippen LogP contribution < -0.4 is 10.6 Å². The summed E-state index contributed by atoms with van der Waals surface area (Å²) in [6.07, 6.45) is -2.09. The smallest absolute Gasteiger partial charge is 0.398 e. The first-order valence-corrected chi connectivity index (χ1v) is 6.45. The van der Waals surface area contributed by atoms with E-state index >= 15 is 0 Å². The third-order valence-electron chi connectivity index (χ3n) is 3.21. The number of nitrogens with zero attached hydrogens (tertiary/aromatic N) is 2. The average Bonchev–Trinajstić information content (AvgIpc) is 2.45. The lowest BCUT2D eigenvalue weighted by molar-refractivity contribution is -0.136. The SMILES string of the molecule is CN(CCc1ccccn1)c1ccc(N)c(C(F)(F)F)c1. The number of likely N-dealkylation sites (N-methyl/N-ethyl adjacent to an activating group) is 1. The Kier molecular flexibility index (Phi) is 4.35. The van der Waals surface area contributed by atoms with Crippen molar-refractivity contribution < 1.29 is 13.2 Å². The van der Waals surface area contributed by atoms with Crippen LogP contribution in [0.25, 0.3) is 0 Å². The number of hydrogen-bond donors (Lipinski definition) is 1. The lowest BCUT2D eigenvalue weighted by Gasteiger charge is -2.21. The summed E-state index contributed by atoms with van der Waals surface area (Å²) in [5, 5.41) is 0. The minimum Gasteiger partial charge on any atom is -0.398 e.